The van der Waals surface area contributed by atoms with Gasteiger partial charge in [0.1, 0.15) is 11.6 Å². The average Bonchev–Trinajstić information content (AvgIpc) is 2.43. The first-order chi connectivity index (χ1) is 10.3. The summed E-state index contributed by atoms with van der Waals surface area (Å²) < 4.78 is 24.2. The van der Waals surface area contributed by atoms with E-state index in [9.17, 15) is 13.2 Å². The molecule has 0 aromatic carbocycles. The van der Waals surface area contributed by atoms with Gasteiger partial charge in [0, 0.05) is 32.2 Å². The molecule has 0 radical (unpaired) electrons. The lowest BCUT2D eigenvalue weighted by Gasteiger charge is -2.33. The van der Waals surface area contributed by atoms with Gasteiger partial charge in [-0.3, -0.25) is 4.79 Å². The predicted molar refractivity (Wildman–Crippen MR) is 84.6 cm³/mol. The van der Waals surface area contributed by atoms with Gasteiger partial charge in [0.15, 0.2) is 5.16 Å². The first kappa shape index (κ1) is 16.8. The Bertz CT molecular complexity index is 638. The van der Waals surface area contributed by atoms with E-state index >= 15 is 0 Å². The molecule has 1 aromatic rings. The monoisotopic (exact) mass is 346 g/mol. The fourth-order valence-corrected chi connectivity index (χ4v) is 3.61. The Hall–Kier alpha value is -1.59. The van der Waals surface area contributed by atoms with Crippen molar-refractivity contribution in [2.24, 2.45) is 0 Å². The lowest BCUT2D eigenvalue weighted by atomic mass is 10.3. The summed E-state index contributed by atoms with van der Waals surface area (Å²) in [6, 6.07) is 1.44. The Balaban J connectivity index is 1.86. The van der Waals surface area contributed by atoms with Gasteiger partial charge in [-0.1, -0.05) is 11.8 Å². The van der Waals surface area contributed by atoms with Crippen molar-refractivity contribution in [3.8, 4) is 0 Å². The Labute approximate surface area is 133 Å². The molecule has 0 aliphatic carbocycles. The molecular weight excluding hydrogens is 328 g/mol. The van der Waals surface area contributed by atoms with E-state index in [1.807, 2.05) is 0 Å². The molecule has 1 aliphatic heterocycles. The van der Waals surface area contributed by atoms with E-state index in [-0.39, 0.29) is 23.3 Å². The minimum atomic E-state index is -3.20. The lowest BCUT2D eigenvalue weighted by Crippen LogP contribution is -2.50. The third-order valence-electron chi connectivity index (χ3n) is 3.13. The number of carbonyl (C=O) groups excluding carboxylic acids is 1. The topological polar surface area (TPSA) is 136 Å². The Morgan fingerprint density at radius 3 is 2.27 bits per heavy atom. The molecule has 0 unspecified atom stereocenters. The molecule has 0 bridgehead atoms. The molecule has 2 heterocycles. The molecule has 11 heteroatoms. The number of anilines is 2. The maximum absolute atomic E-state index is 12.1. The van der Waals surface area contributed by atoms with Crippen molar-refractivity contribution in [2.75, 3.05) is 49.7 Å². The molecule has 1 aromatic heterocycles. The number of aromatic nitrogens is 2. The van der Waals surface area contributed by atoms with Gasteiger partial charge >= 0.3 is 0 Å². The summed E-state index contributed by atoms with van der Waals surface area (Å²) >= 11 is 1.15. The van der Waals surface area contributed by atoms with Crippen LogP contribution >= 0.6 is 11.8 Å². The number of amides is 1. The van der Waals surface area contributed by atoms with Crippen molar-refractivity contribution in [3.05, 3.63) is 6.07 Å². The van der Waals surface area contributed by atoms with Crippen LogP contribution in [-0.2, 0) is 14.8 Å². The highest BCUT2D eigenvalue weighted by Gasteiger charge is 2.26. The number of carbonyl (C=O) groups is 1. The van der Waals surface area contributed by atoms with Crippen molar-refractivity contribution >= 4 is 39.3 Å². The lowest BCUT2D eigenvalue weighted by molar-refractivity contribution is -0.129. The van der Waals surface area contributed by atoms with Gasteiger partial charge in [-0.15, -0.1) is 0 Å². The number of nitrogens with two attached hydrogens (primary N) is 2. The van der Waals surface area contributed by atoms with E-state index in [4.69, 9.17) is 11.5 Å². The van der Waals surface area contributed by atoms with Crippen LogP contribution in [0, 0.1) is 0 Å². The van der Waals surface area contributed by atoms with Crippen LogP contribution in [0.2, 0.25) is 0 Å². The highest BCUT2D eigenvalue weighted by atomic mass is 32.2. The van der Waals surface area contributed by atoms with E-state index in [1.54, 1.807) is 4.90 Å². The van der Waals surface area contributed by atoms with Gasteiger partial charge in [0.25, 0.3) is 0 Å². The molecule has 1 aliphatic rings. The van der Waals surface area contributed by atoms with Gasteiger partial charge in [-0.25, -0.2) is 18.4 Å². The molecule has 4 N–H and O–H groups in total. The Kier molecular flexibility index (Phi) is 5.08. The summed E-state index contributed by atoms with van der Waals surface area (Å²) in [7, 11) is -3.20. The number of rotatable bonds is 4. The van der Waals surface area contributed by atoms with Gasteiger partial charge in [0.05, 0.1) is 12.0 Å². The molecule has 2 rings (SSSR count). The number of sulfonamides is 1. The first-order valence-electron chi connectivity index (χ1n) is 6.51. The molecule has 9 nitrogen and oxygen atoms in total. The molecule has 1 fully saturated rings. The van der Waals surface area contributed by atoms with E-state index in [0.29, 0.717) is 31.3 Å². The van der Waals surface area contributed by atoms with Crippen LogP contribution in [0.25, 0.3) is 0 Å². The van der Waals surface area contributed by atoms with Crippen LogP contribution in [0.1, 0.15) is 0 Å². The van der Waals surface area contributed by atoms with E-state index in [0.717, 1.165) is 11.8 Å². The van der Waals surface area contributed by atoms with E-state index in [2.05, 4.69) is 9.97 Å². The zero-order valence-electron chi connectivity index (χ0n) is 12.1. The molecule has 1 saturated heterocycles. The number of thioether (sulfide) groups is 1. The summed E-state index contributed by atoms with van der Waals surface area (Å²) in [5.41, 5.74) is 11.1. The van der Waals surface area contributed by atoms with Crippen molar-refractivity contribution in [1.82, 2.24) is 19.2 Å². The van der Waals surface area contributed by atoms with Crippen molar-refractivity contribution < 1.29 is 13.2 Å². The van der Waals surface area contributed by atoms with Gasteiger partial charge in [-0.2, -0.15) is 4.31 Å². The molecule has 1 amide bonds. The highest BCUT2D eigenvalue weighted by molar-refractivity contribution is 7.99. The minimum absolute atomic E-state index is 0.0947. The normalized spacial score (nSPS) is 16.7. The average molecular weight is 346 g/mol. The number of hydrogen-bond donors (Lipinski definition) is 2. The summed E-state index contributed by atoms with van der Waals surface area (Å²) in [6.07, 6.45) is 1.17. The van der Waals surface area contributed by atoms with Crippen LogP contribution in [0.5, 0.6) is 0 Å². The standard InChI is InChI=1S/C11H18N6O3S2/c1-22(19,20)17-4-2-16(3-5-17)10(18)7-21-11-14-8(12)6-9(13)15-11/h6H,2-5,7H2,1H3,(H4,12,13,14,15). The molecular formula is C11H18N6O3S2. The number of hydrogen-bond acceptors (Lipinski definition) is 8. The van der Waals surface area contributed by atoms with Crippen molar-refractivity contribution in [1.29, 1.82) is 0 Å². The molecule has 0 spiro atoms. The smallest absolute Gasteiger partial charge is 0.233 e. The zero-order chi connectivity index (χ0) is 16.3. The maximum Gasteiger partial charge on any atom is 0.233 e. The number of nitrogen functional groups attached to an aromatic ring is 2. The van der Waals surface area contributed by atoms with Crippen LogP contribution in [0.15, 0.2) is 11.2 Å². The van der Waals surface area contributed by atoms with Gasteiger partial charge in [0.2, 0.25) is 15.9 Å². The third-order valence-corrected chi connectivity index (χ3v) is 5.27. The number of piperazine rings is 1. The second-order valence-electron chi connectivity index (χ2n) is 4.83. The fraction of sp³-hybridized carbons (Fsp3) is 0.545. The molecule has 122 valence electrons. The Morgan fingerprint density at radius 2 is 1.77 bits per heavy atom. The van der Waals surface area contributed by atoms with Gasteiger partial charge in [-0.05, 0) is 0 Å². The fourth-order valence-electron chi connectivity index (χ4n) is 2.01. The largest absolute Gasteiger partial charge is 0.383 e. The number of nitrogens with zero attached hydrogens (tertiary/aromatic N) is 4. The molecule has 0 saturated carbocycles. The summed E-state index contributed by atoms with van der Waals surface area (Å²) in [5.74, 6) is 0.568. The summed E-state index contributed by atoms with van der Waals surface area (Å²) in [5, 5.41) is 0.348. The quantitative estimate of drug-likeness (QED) is 0.514. The maximum atomic E-state index is 12.1. The second kappa shape index (κ2) is 6.67. The van der Waals surface area contributed by atoms with Crippen LogP contribution in [0.4, 0.5) is 11.6 Å². The van der Waals surface area contributed by atoms with E-state index in [1.165, 1.54) is 16.6 Å². The predicted octanol–water partition coefficient (Wildman–Crippen LogP) is -1.16. The van der Waals surface area contributed by atoms with Crippen molar-refractivity contribution in [2.45, 2.75) is 5.16 Å². The molecule has 0 atom stereocenters. The zero-order valence-corrected chi connectivity index (χ0v) is 13.7. The SMILES string of the molecule is CS(=O)(=O)N1CCN(C(=O)CSc2nc(N)cc(N)n2)CC1. The van der Waals surface area contributed by atoms with Gasteiger partial charge < -0.3 is 16.4 Å². The summed E-state index contributed by atoms with van der Waals surface area (Å²) in [6.45, 7) is 1.40. The van der Waals surface area contributed by atoms with E-state index < -0.39 is 10.0 Å². The van der Waals surface area contributed by atoms with Crippen LogP contribution in [-0.4, -0.2) is 71.7 Å². The van der Waals surface area contributed by atoms with Crippen molar-refractivity contribution in [3.63, 3.8) is 0 Å². The third kappa shape index (κ3) is 4.45. The molecule has 22 heavy (non-hydrogen) atoms. The summed E-state index contributed by atoms with van der Waals surface area (Å²) in [4.78, 5) is 21.7. The second-order valence-corrected chi connectivity index (χ2v) is 7.76. The first-order valence-corrected chi connectivity index (χ1v) is 9.35. The Morgan fingerprint density at radius 1 is 1.23 bits per heavy atom. The minimum Gasteiger partial charge on any atom is -0.383 e. The van der Waals surface area contributed by atoms with Crippen LogP contribution in [0.3, 0.4) is 0 Å². The van der Waals surface area contributed by atoms with Crippen LogP contribution < -0.4 is 11.5 Å². The highest BCUT2D eigenvalue weighted by Crippen LogP contribution is 2.17.